The molecule has 0 N–H and O–H groups in total. The molecule has 0 fully saturated rings. The summed E-state index contributed by atoms with van der Waals surface area (Å²) in [4.78, 5) is 24.3. The Labute approximate surface area is 186 Å². The number of aromatic nitrogens is 2. The molecule has 6 nitrogen and oxygen atoms in total. The number of thiazole rings is 1. The van der Waals surface area contributed by atoms with Crippen LogP contribution < -0.4 is 14.4 Å². The van der Waals surface area contributed by atoms with Crippen molar-refractivity contribution in [3.63, 3.8) is 0 Å². The van der Waals surface area contributed by atoms with Gasteiger partial charge in [0.1, 0.15) is 21.7 Å². The van der Waals surface area contributed by atoms with E-state index in [1.807, 2.05) is 48.5 Å². The van der Waals surface area contributed by atoms with Crippen molar-refractivity contribution in [2.75, 3.05) is 19.1 Å². The van der Waals surface area contributed by atoms with Gasteiger partial charge in [0.15, 0.2) is 5.13 Å². The zero-order valence-electron chi connectivity index (χ0n) is 16.3. The van der Waals surface area contributed by atoms with Gasteiger partial charge in [0.05, 0.1) is 32.0 Å². The van der Waals surface area contributed by atoms with E-state index in [4.69, 9.17) is 14.5 Å². The molecule has 0 spiro atoms. The van der Waals surface area contributed by atoms with Gasteiger partial charge in [-0.05, 0) is 52.3 Å². The third-order valence-corrected chi connectivity index (χ3v) is 6.31. The first kappa shape index (κ1) is 20.3. The highest BCUT2D eigenvalue weighted by molar-refractivity contribution is 9.10. The summed E-state index contributed by atoms with van der Waals surface area (Å²) in [5, 5.41) is 0.541. The molecule has 0 bridgehead atoms. The number of hydrogen-bond acceptors (Lipinski definition) is 6. The van der Waals surface area contributed by atoms with Crippen LogP contribution in [0.15, 0.2) is 65.3 Å². The summed E-state index contributed by atoms with van der Waals surface area (Å²) in [7, 11) is 3.21. The molecule has 2 aromatic heterocycles. The van der Waals surface area contributed by atoms with E-state index in [9.17, 15) is 4.79 Å². The van der Waals surface area contributed by atoms with Crippen LogP contribution in [-0.2, 0) is 6.54 Å². The molecule has 0 aliphatic carbocycles. The van der Waals surface area contributed by atoms with Gasteiger partial charge in [0.25, 0.3) is 5.91 Å². The van der Waals surface area contributed by atoms with Crippen molar-refractivity contribution in [2.24, 2.45) is 0 Å². The van der Waals surface area contributed by atoms with Crippen LogP contribution in [0.4, 0.5) is 5.13 Å². The summed E-state index contributed by atoms with van der Waals surface area (Å²) in [6.45, 7) is 0.283. The number of amides is 1. The number of hydrogen-bond donors (Lipinski definition) is 0. The smallest absolute Gasteiger partial charge is 0.261 e. The van der Waals surface area contributed by atoms with Crippen LogP contribution in [0.1, 0.15) is 16.1 Å². The van der Waals surface area contributed by atoms with E-state index < -0.39 is 0 Å². The Morgan fingerprint density at radius 2 is 1.77 bits per heavy atom. The third kappa shape index (κ3) is 3.88. The van der Waals surface area contributed by atoms with Crippen LogP contribution in [0.25, 0.3) is 10.2 Å². The maximum absolute atomic E-state index is 13.5. The molecule has 152 valence electrons. The molecule has 8 heteroatoms. The van der Waals surface area contributed by atoms with E-state index in [0.717, 1.165) is 14.9 Å². The number of nitrogens with zero attached hydrogens (tertiary/aromatic N) is 3. The van der Waals surface area contributed by atoms with Gasteiger partial charge >= 0.3 is 0 Å². The molecule has 0 radical (unpaired) electrons. The molecule has 0 saturated heterocycles. The number of anilines is 1. The molecule has 2 aromatic carbocycles. The lowest BCUT2D eigenvalue weighted by Gasteiger charge is -2.20. The first-order chi connectivity index (χ1) is 14.6. The van der Waals surface area contributed by atoms with Crippen LogP contribution in [-0.4, -0.2) is 30.1 Å². The van der Waals surface area contributed by atoms with Gasteiger partial charge in [0, 0.05) is 10.7 Å². The number of benzene rings is 2. The summed E-state index contributed by atoms with van der Waals surface area (Å²) in [5.74, 6) is 1.13. The van der Waals surface area contributed by atoms with Gasteiger partial charge in [-0.15, -0.1) is 0 Å². The Kier molecular flexibility index (Phi) is 5.96. The van der Waals surface area contributed by atoms with E-state index in [1.165, 1.54) is 11.3 Å². The monoisotopic (exact) mass is 483 g/mol. The topological polar surface area (TPSA) is 64.6 Å². The number of methoxy groups -OCH3 is 2. The Balaban J connectivity index is 1.85. The van der Waals surface area contributed by atoms with E-state index in [2.05, 4.69) is 20.9 Å². The molecule has 1 amide bonds. The lowest BCUT2D eigenvalue weighted by atomic mass is 10.2. The predicted octanol–water partition coefficient (Wildman–Crippen LogP) is 5.32. The number of fused-ring (bicyclic) bond motifs is 1. The highest BCUT2D eigenvalue weighted by atomic mass is 79.9. The Morgan fingerprint density at radius 1 is 1.03 bits per heavy atom. The maximum Gasteiger partial charge on any atom is 0.261 e. The number of halogens is 1. The lowest BCUT2D eigenvalue weighted by Crippen LogP contribution is -2.31. The minimum atomic E-state index is -0.176. The first-order valence-electron chi connectivity index (χ1n) is 9.10. The molecule has 4 rings (SSSR count). The molecule has 4 aromatic rings. The fourth-order valence-electron chi connectivity index (χ4n) is 3.05. The van der Waals surface area contributed by atoms with Gasteiger partial charge in [-0.1, -0.05) is 29.5 Å². The van der Waals surface area contributed by atoms with E-state index in [-0.39, 0.29) is 12.5 Å². The van der Waals surface area contributed by atoms with Crippen LogP contribution in [0.2, 0.25) is 0 Å². The summed E-state index contributed by atoms with van der Waals surface area (Å²) < 4.78 is 12.5. The second kappa shape index (κ2) is 8.81. The van der Waals surface area contributed by atoms with Gasteiger partial charge in [0.2, 0.25) is 0 Å². The molecule has 0 saturated carbocycles. The number of pyridine rings is 1. The predicted molar refractivity (Wildman–Crippen MR) is 122 cm³/mol. The first-order valence-corrected chi connectivity index (χ1v) is 10.7. The molecule has 30 heavy (non-hydrogen) atoms. The fourth-order valence-corrected chi connectivity index (χ4v) is 4.58. The second-order valence-electron chi connectivity index (χ2n) is 6.34. The largest absolute Gasteiger partial charge is 0.495 e. The van der Waals surface area contributed by atoms with E-state index in [0.29, 0.717) is 27.7 Å². The Bertz CT molecular complexity index is 1160. The zero-order valence-corrected chi connectivity index (χ0v) is 18.7. The average molecular weight is 484 g/mol. The van der Waals surface area contributed by atoms with Gasteiger partial charge < -0.3 is 9.47 Å². The second-order valence-corrected chi connectivity index (χ2v) is 8.17. The number of carbonyl (C=O) groups excluding carboxylic acids is 1. The van der Waals surface area contributed by atoms with Crippen LogP contribution in [0.5, 0.6) is 11.5 Å². The highest BCUT2D eigenvalue weighted by Crippen LogP contribution is 2.40. The van der Waals surface area contributed by atoms with E-state index >= 15 is 0 Å². The zero-order chi connectivity index (χ0) is 21.1. The van der Waals surface area contributed by atoms with Crippen molar-refractivity contribution in [3.8, 4) is 11.5 Å². The normalized spacial score (nSPS) is 10.8. The Morgan fingerprint density at radius 3 is 2.47 bits per heavy atom. The van der Waals surface area contributed by atoms with Crippen molar-refractivity contribution in [3.05, 3.63) is 76.5 Å². The quantitative estimate of drug-likeness (QED) is 0.371. The standard InChI is InChI=1S/C22H18BrN3O3S/c1-28-17-10-11-18(29-2)20-19(17)25-22(30-20)26(13-14-7-5-6-12-24-14)21(27)15-8-3-4-9-16(15)23/h3-12H,13H2,1-2H3. The minimum Gasteiger partial charge on any atom is -0.495 e. The maximum atomic E-state index is 13.5. The van der Waals surface area contributed by atoms with Gasteiger partial charge in [-0.2, -0.15) is 0 Å². The minimum absolute atomic E-state index is 0.176. The third-order valence-electron chi connectivity index (χ3n) is 4.53. The summed E-state index contributed by atoms with van der Waals surface area (Å²) in [5.41, 5.74) is 1.96. The molecule has 2 heterocycles. The molecule has 0 aliphatic rings. The molecule has 0 atom stereocenters. The van der Waals surface area contributed by atoms with Crippen molar-refractivity contribution >= 4 is 48.5 Å². The van der Waals surface area contributed by atoms with Crippen molar-refractivity contribution in [1.82, 2.24) is 9.97 Å². The van der Waals surface area contributed by atoms with Crippen molar-refractivity contribution < 1.29 is 14.3 Å². The molecular weight excluding hydrogens is 466 g/mol. The number of carbonyl (C=O) groups is 1. The van der Waals surface area contributed by atoms with Crippen LogP contribution >= 0.6 is 27.3 Å². The van der Waals surface area contributed by atoms with Gasteiger partial charge in [-0.25, -0.2) is 4.98 Å². The molecular formula is C22H18BrN3O3S. The molecule has 0 unspecified atom stereocenters. The summed E-state index contributed by atoms with van der Waals surface area (Å²) >= 11 is 4.86. The Hall–Kier alpha value is -2.97. The number of rotatable bonds is 6. The van der Waals surface area contributed by atoms with Crippen molar-refractivity contribution in [2.45, 2.75) is 6.54 Å². The van der Waals surface area contributed by atoms with Crippen molar-refractivity contribution in [1.29, 1.82) is 0 Å². The average Bonchev–Trinajstić information content (AvgIpc) is 3.22. The summed E-state index contributed by atoms with van der Waals surface area (Å²) in [6.07, 6.45) is 1.71. The van der Waals surface area contributed by atoms with E-state index in [1.54, 1.807) is 31.4 Å². The van der Waals surface area contributed by atoms with Gasteiger partial charge in [-0.3, -0.25) is 14.7 Å². The lowest BCUT2D eigenvalue weighted by molar-refractivity contribution is 0.0984. The number of ether oxygens (including phenoxy) is 2. The van der Waals surface area contributed by atoms with Crippen LogP contribution in [0.3, 0.4) is 0 Å². The molecule has 0 aliphatic heterocycles. The summed E-state index contributed by atoms with van der Waals surface area (Å²) in [6, 6.07) is 16.6. The SMILES string of the molecule is COc1ccc(OC)c2sc(N(Cc3ccccn3)C(=O)c3ccccc3Br)nc12. The van der Waals surface area contributed by atoms with Crippen LogP contribution in [0, 0.1) is 0 Å². The highest BCUT2D eigenvalue weighted by Gasteiger charge is 2.25. The fraction of sp³-hybridized carbons (Fsp3) is 0.136.